The summed E-state index contributed by atoms with van der Waals surface area (Å²) in [5.41, 5.74) is 6.62. The van der Waals surface area contributed by atoms with Gasteiger partial charge in [0.25, 0.3) is 15.9 Å². The number of para-hydroxylation sites is 1. The van der Waals surface area contributed by atoms with Crippen molar-refractivity contribution in [3.8, 4) is 0 Å². The van der Waals surface area contributed by atoms with E-state index in [9.17, 15) is 13.2 Å². The Morgan fingerprint density at radius 2 is 1.69 bits per heavy atom. The van der Waals surface area contributed by atoms with E-state index < -0.39 is 10.0 Å². The minimum Gasteiger partial charge on any atom is -0.339 e. The summed E-state index contributed by atoms with van der Waals surface area (Å²) in [6, 6.07) is 12.6. The summed E-state index contributed by atoms with van der Waals surface area (Å²) >= 11 is 5.99. The number of piperidine rings is 1. The van der Waals surface area contributed by atoms with Gasteiger partial charge in [0.1, 0.15) is 0 Å². The molecule has 1 aliphatic heterocycles. The molecule has 0 spiro atoms. The van der Waals surface area contributed by atoms with Gasteiger partial charge in [-0.2, -0.15) is 0 Å². The quantitative estimate of drug-likeness (QED) is 0.835. The monoisotopic (exact) mass is 393 g/mol. The van der Waals surface area contributed by atoms with Crippen LogP contribution in [0.5, 0.6) is 0 Å². The second kappa shape index (κ2) is 7.65. The Labute approximate surface area is 158 Å². The van der Waals surface area contributed by atoms with Crippen molar-refractivity contribution in [1.82, 2.24) is 4.90 Å². The van der Waals surface area contributed by atoms with Crippen molar-refractivity contribution in [3.63, 3.8) is 0 Å². The number of sulfonamides is 1. The Bertz CT molecular complexity index is 892. The van der Waals surface area contributed by atoms with Gasteiger partial charge in [-0.15, -0.1) is 0 Å². The van der Waals surface area contributed by atoms with Gasteiger partial charge in [-0.25, -0.2) is 8.42 Å². The molecule has 3 N–H and O–H groups in total. The third-order valence-electron chi connectivity index (χ3n) is 4.36. The van der Waals surface area contributed by atoms with Crippen LogP contribution < -0.4 is 10.5 Å². The molecule has 2 aromatic carbocycles. The summed E-state index contributed by atoms with van der Waals surface area (Å²) in [7, 11) is -3.79. The molecule has 1 saturated heterocycles. The second-order valence-corrected chi connectivity index (χ2v) is 8.33. The molecule has 0 bridgehead atoms. The van der Waals surface area contributed by atoms with Crippen molar-refractivity contribution in [2.75, 3.05) is 17.8 Å². The van der Waals surface area contributed by atoms with E-state index >= 15 is 0 Å². The van der Waals surface area contributed by atoms with E-state index in [0.717, 1.165) is 12.8 Å². The first kappa shape index (κ1) is 18.7. The molecule has 0 aromatic heterocycles. The fourth-order valence-electron chi connectivity index (χ4n) is 2.81. The van der Waals surface area contributed by atoms with Gasteiger partial charge in [0.2, 0.25) is 0 Å². The highest BCUT2D eigenvalue weighted by molar-refractivity contribution is 7.92. The smallest absolute Gasteiger partial charge is 0.261 e. The molecule has 3 rings (SSSR count). The van der Waals surface area contributed by atoms with Gasteiger partial charge in [0, 0.05) is 24.7 Å². The largest absolute Gasteiger partial charge is 0.339 e. The molecule has 1 aliphatic rings. The van der Waals surface area contributed by atoms with E-state index in [1.54, 1.807) is 29.2 Å². The zero-order valence-electron chi connectivity index (χ0n) is 14.1. The molecule has 138 valence electrons. The summed E-state index contributed by atoms with van der Waals surface area (Å²) < 4.78 is 27.4. The number of likely N-dealkylation sites (tertiary alicyclic amines) is 1. The Kier molecular flexibility index (Phi) is 5.50. The minimum atomic E-state index is -3.79. The number of nitrogens with zero attached hydrogens (tertiary/aromatic N) is 1. The predicted octanol–water partition coefficient (Wildman–Crippen LogP) is 2.70. The average molecular weight is 394 g/mol. The van der Waals surface area contributed by atoms with Gasteiger partial charge in [-0.3, -0.25) is 9.52 Å². The van der Waals surface area contributed by atoms with Gasteiger partial charge < -0.3 is 10.6 Å². The first-order valence-electron chi connectivity index (χ1n) is 8.29. The van der Waals surface area contributed by atoms with Crippen LogP contribution in [0.3, 0.4) is 0 Å². The minimum absolute atomic E-state index is 0.0645. The van der Waals surface area contributed by atoms with Crippen LogP contribution >= 0.6 is 11.6 Å². The van der Waals surface area contributed by atoms with E-state index in [4.69, 9.17) is 17.3 Å². The van der Waals surface area contributed by atoms with Crippen molar-refractivity contribution in [2.45, 2.75) is 23.8 Å². The van der Waals surface area contributed by atoms with Crippen LogP contribution in [0.15, 0.2) is 53.4 Å². The molecule has 26 heavy (non-hydrogen) atoms. The second-order valence-electron chi connectivity index (χ2n) is 6.24. The topological polar surface area (TPSA) is 92.5 Å². The van der Waals surface area contributed by atoms with Gasteiger partial charge in [-0.1, -0.05) is 23.7 Å². The van der Waals surface area contributed by atoms with Gasteiger partial charge in [0.15, 0.2) is 0 Å². The number of anilines is 1. The number of nitrogens with two attached hydrogens (primary N) is 1. The molecule has 0 radical (unpaired) electrons. The molecule has 8 heteroatoms. The van der Waals surface area contributed by atoms with Crippen molar-refractivity contribution in [3.05, 3.63) is 59.1 Å². The summed E-state index contributed by atoms with van der Waals surface area (Å²) in [6.45, 7) is 1.24. The predicted molar refractivity (Wildman–Crippen MR) is 102 cm³/mol. The maximum Gasteiger partial charge on any atom is 0.261 e. The van der Waals surface area contributed by atoms with Gasteiger partial charge in [0.05, 0.1) is 15.6 Å². The lowest BCUT2D eigenvalue weighted by Crippen LogP contribution is -2.42. The maximum absolute atomic E-state index is 12.5. The number of hydrogen-bond donors (Lipinski definition) is 2. The molecule has 1 fully saturated rings. The number of halogens is 1. The van der Waals surface area contributed by atoms with Crippen LogP contribution in [0.25, 0.3) is 0 Å². The van der Waals surface area contributed by atoms with E-state index in [2.05, 4.69) is 4.72 Å². The van der Waals surface area contributed by atoms with Crippen LogP contribution in [0.4, 0.5) is 5.69 Å². The van der Waals surface area contributed by atoms with E-state index in [0.29, 0.717) is 29.4 Å². The number of carbonyl (C=O) groups is 1. The van der Waals surface area contributed by atoms with E-state index in [1.165, 1.54) is 24.3 Å². The lowest BCUT2D eigenvalue weighted by Gasteiger charge is -2.30. The van der Waals surface area contributed by atoms with Gasteiger partial charge in [-0.05, 0) is 49.2 Å². The summed E-state index contributed by atoms with van der Waals surface area (Å²) in [5, 5.41) is 0.311. The van der Waals surface area contributed by atoms with Crippen molar-refractivity contribution < 1.29 is 13.2 Å². The molecule has 1 amide bonds. The van der Waals surface area contributed by atoms with Gasteiger partial charge >= 0.3 is 0 Å². The number of carbonyl (C=O) groups excluding carboxylic acids is 1. The number of benzene rings is 2. The summed E-state index contributed by atoms with van der Waals surface area (Å²) in [6.07, 6.45) is 1.56. The molecule has 0 unspecified atom stereocenters. The Morgan fingerprint density at radius 3 is 2.31 bits per heavy atom. The van der Waals surface area contributed by atoms with E-state index in [-0.39, 0.29) is 16.8 Å². The first-order valence-corrected chi connectivity index (χ1v) is 10.2. The zero-order chi connectivity index (χ0) is 18.7. The van der Waals surface area contributed by atoms with Crippen LogP contribution in [0.2, 0.25) is 5.02 Å². The molecule has 2 aromatic rings. The Balaban J connectivity index is 1.74. The maximum atomic E-state index is 12.5. The zero-order valence-corrected chi connectivity index (χ0v) is 15.6. The Hall–Kier alpha value is -2.09. The van der Waals surface area contributed by atoms with Crippen LogP contribution in [-0.2, 0) is 10.0 Å². The van der Waals surface area contributed by atoms with Crippen molar-refractivity contribution in [1.29, 1.82) is 0 Å². The standard InChI is InChI=1S/C18H20ClN3O3S/c19-16-3-1-2-4-17(16)21-26(24,25)15-7-5-13(6-8-15)18(23)22-11-9-14(20)10-12-22/h1-8,14,21H,9-12,20H2. The highest BCUT2D eigenvalue weighted by Gasteiger charge is 2.22. The fraction of sp³-hybridized carbons (Fsp3) is 0.278. The molecule has 6 nitrogen and oxygen atoms in total. The molecular formula is C18H20ClN3O3S. The number of hydrogen-bond acceptors (Lipinski definition) is 4. The third-order valence-corrected chi connectivity index (χ3v) is 6.07. The molecule has 0 atom stereocenters. The third kappa shape index (κ3) is 4.17. The molecule has 0 saturated carbocycles. The van der Waals surface area contributed by atoms with Crippen molar-refractivity contribution in [2.24, 2.45) is 5.73 Å². The van der Waals surface area contributed by atoms with Crippen LogP contribution in [0.1, 0.15) is 23.2 Å². The molecular weight excluding hydrogens is 374 g/mol. The van der Waals surface area contributed by atoms with Crippen molar-refractivity contribution >= 4 is 33.2 Å². The Morgan fingerprint density at radius 1 is 1.08 bits per heavy atom. The normalized spacial score (nSPS) is 15.7. The fourth-order valence-corrected chi connectivity index (χ4v) is 4.13. The number of rotatable bonds is 4. The van der Waals surface area contributed by atoms with Crippen LogP contribution in [-0.4, -0.2) is 38.4 Å². The number of amides is 1. The summed E-state index contributed by atoms with van der Waals surface area (Å²) in [4.78, 5) is 14.3. The lowest BCUT2D eigenvalue weighted by molar-refractivity contribution is 0.0714. The highest BCUT2D eigenvalue weighted by Crippen LogP contribution is 2.24. The average Bonchev–Trinajstić information content (AvgIpc) is 2.64. The molecule has 1 heterocycles. The SMILES string of the molecule is NC1CCN(C(=O)c2ccc(S(=O)(=O)Nc3ccccc3Cl)cc2)CC1. The van der Waals surface area contributed by atoms with E-state index in [1.807, 2.05) is 0 Å². The number of nitrogens with one attached hydrogen (secondary N) is 1. The highest BCUT2D eigenvalue weighted by atomic mass is 35.5. The first-order chi connectivity index (χ1) is 12.4. The van der Waals surface area contributed by atoms with Crippen LogP contribution in [0, 0.1) is 0 Å². The summed E-state index contributed by atoms with van der Waals surface area (Å²) in [5.74, 6) is -0.111. The lowest BCUT2D eigenvalue weighted by atomic mass is 10.1. The molecule has 0 aliphatic carbocycles.